The molecule has 1 aliphatic heterocycles. The van der Waals surface area contributed by atoms with Crippen LogP contribution in [0.5, 0.6) is 0 Å². The Morgan fingerprint density at radius 1 is 1.15 bits per heavy atom. The maximum absolute atomic E-state index is 13.4. The molecule has 1 N–H and O–H groups in total. The van der Waals surface area contributed by atoms with Gasteiger partial charge in [-0.25, -0.2) is 24.6 Å². The molecule has 2 unspecified atom stereocenters. The van der Waals surface area contributed by atoms with Crippen molar-refractivity contribution < 1.29 is 4.79 Å². The maximum atomic E-state index is 13.4. The molecule has 0 bridgehead atoms. The molecule has 0 radical (unpaired) electrons. The van der Waals surface area contributed by atoms with E-state index in [-0.39, 0.29) is 12.5 Å². The average molecular weight is 542 g/mol. The third-order valence-electron chi connectivity index (χ3n) is 7.53. The normalized spacial score (nSPS) is 17.9. The van der Waals surface area contributed by atoms with Gasteiger partial charge in [-0.3, -0.25) is 4.79 Å². The molecule has 2 fully saturated rings. The minimum Gasteiger partial charge on any atom is -0.348 e. The number of anilines is 1. The van der Waals surface area contributed by atoms with Gasteiger partial charge in [0.25, 0.3) is 5.91 Å². The molecule has 1 saturated carbocycles. The molecular formula is C26H24ClN11O. The van der Waals surface area contributed by atoms with Crippen molar-refractivity contribution in [1.82, 2.24) is 50.0 Å². The molecule has 13 heteroatoms. The average Bonchev–Trinajstić information content (AvgIpc) is 3.33. The number of benzene rings is 1. The molecule has 39 heavy (non-hydrogen) atoms. The molecule has 2 aliphatic rings. The highest BCUT2D eigenvalue weighted by atomic mass is 35.5. The number of aromatic nitrogens is 9. The Labute approximate surface area is 228 Å². The van der Waals surface area contributed by atoms with Crippen LogP contribution in [0.3, 0.4) is 0 Å². The second-order valence-electron chi connectivity index (χ2n) is 10.1. The van der Waals surface area contributed by atoms with Crippen LogP contribution in [0.15, 0.2) is 49.4 Å². The summed E-state index contributed by atoms with van der Waals surface area (Å²) < 4.78 is 3.47. The number of carbonyl (C=O) groups is 1. The van der Waals surface area contributed by atoms with E-state index >= 15 is 0 Å². The summed E-state index contributed by atoms with van der Waals surface area (Å²) in [6, 6.07) is 5.34. The summed E-state index contributed by atoms with van der Waals surface area (Å²) in [5, 5.41) is 15.5. The Balaban J connectivity index is 1.13. The predicted molar refractivity (Wildman–Crippen MR) is 143 cm³/mol. The number of fused-ring (bicyclic) bond motifs is 2. The zero-order valence-corrected chi connectivity index (χ0v) is 21.8. The number of hydrogen-bond acceptors (Lipinski definition) is 9. The van der Waals surface area contributed by atoms with Crippen LogP contribution < -0.4 is 10.2 Å². The van der Waals surface area contributed by atoms with Crippen LogP contribution in [0.25, 0.3) is 16.7 Å². The summed E-state index contributed by atoms with van der Waals surface area (Å²) in [5.74, 6) is 2.17. The summed E-state index contributed by atoms with van der Waals surface area (Å²) in [5.41, 5.74) is 4.51. The van der Waals surface area contributed by atoms with E-state index in [1.54, 1.807) is 24.5 Å². The van der Waals surface area contributed by atoms with E-state index in [1.165, 1.54) is 23.8 Å². The molecule has 12 nitrogen and oxygen atoms in total. The Hall–Kier alpha value is -4.45. The van der Waals surface area contributed by atoms with Gasteiger partial charge in [0.05, 0.1) is 23.2 Å². The number of halogens is 1. The zero-order valence-electron chi connectivity index (χ0n) is 21.1. The van der Waals surface area contributed by atoms with Crippen molar-refractivity contribution in [2.75, 3.05) is 18.0 Å². The van der Waals surface area contributed by atoms with Gasteiger partial charge in [0, 0.05) is 54.5 Å². The van der Waals surface area contributed by atoms with E-state index < -0.39 is 0 Å². The number of nitrogens with zero attached hydrogens (tertiary/aromatic N) is 10. The molecule has 5 heterocycles. The van der Waals surface area contributed by atoms with Crippen molar-refractivity contribution >= 4 is 34.5 Å². The molecule has 2 atom stereocenters. The molecule has 1 amide bonds. The van der Waals surface area contributed by atoms with Crippen LogP contribution in [0, 0.1) is 18.8 Å². The van der Waals surface area contributed by atoms with Gasteiger partial charge in [0.1, 0.15) is 18.3 Å². The monoisotopic (exact) mass is 541 g/mol. The zero-order chi connectivity index (χ0) is 26.5. The Morgan fingerprint density at radius 2 is 2.03 bits per heavy atom. The number of piperidine rings is 1. The van der Waals surface area contributed by atoms with Crippen molar-refractivity contribution in [3.63, 3.8) is 0 Å². The first kappa shape index (κ1) is 23.7. The molecule has 1 aromatic carbocycles. The Kier molecular flexibility index (Phi) is 5.69. The predicted octanol–water partition coefficient (Wildman–Crippen LogP) is 2.59. The van der Waals surface area contributed by atoms with Gasteiger partial charge in [-0.15, -0.1) is 5.10 Å². The number of nitrogens with one attached hydrogen (secondary N) is 1. The largest absolute Gasteiger partial charge is 0.348 e. The number of hydrogen-bond donors (Lipinski definition) is 1. The molecule has 5 aromatic rings. The van der Waals surface area contributed by atoms with Crippen LogP contribution in [0.2, 0.25) is 5.02 Å². The van der Waals surface area contributed by atoms with Crippen LogP contribution in [0.1, 0.15) is 33.6 Å². The molecule has 0 spiro atoms. The van der Waals surface area contributed by atoms with Crippen LogP contribution in [-0.4, -0.2) is 63.7 Å². The standard InChI is InChI=1S/C26H24ClN11O/c1-15-19(7-30-26(33-15)37-9-17-4-18(17)10-37)11-36-12-22(21-8-28-13-31-24(21)36)25(39)29-6-16-5-20(27)2-3-23(16)38-14-32-34-35-38/h2-3,5,7-8,12-14,17-18H,4,6,9-11H2,1H3,(H,29,39). The van der Waals surface area contributed by atoms with Gasteiger partial charge < -0.3 is 14.8 Å². The highest BCUT2D eigenvalue weighted by Gasteiger charge is 2.45. The third kappa shape index (κ3) is 4.46. The van der Waals surface area contributed by atoms with Crippen molar-refractivity contribution in [1.29, 1.82) is 0 Å². The van der Waals surface area contributed by atoms with Crippen molar-refractivity contribution in [3.05, 3.63) is 76.9 Å². The molecule has 1 saturated heterocycles. The van der Waals surface area contributed by atoms with Crippen LogP contribution in [-0.2, 0) is 13.1 Å². The van der Waals surface area contributed by atoms with E-state index in [4.69, 9.17) is 16.6 Å². The summed E-state index contributed by atoms with van der Waals surface area (Å²) in [6.07, 6.45) is 9.65. The fourth-order valence-electron chi connectivity index (χ4n) is 5.32. The first-order chi connectivity index (χ1) is 19.0. The SMILES string of the molecule is Cc1nc(N2CC3CC3C2)ncc1Cn1cc(C(=O)NCc2cc(Cl)ccc2-n2cnnn2)c2cncnc21. The smallest absolute Gasteiger partial charge is 0.253 e. The first-order valence-electron chi connectivity index (χ1n) is 12.7. The van der Waals surface area contributed by atoms with Crippen LogP contribution >= 0.6 is 11.6 Å². The van der Waals surface area contributed by atoms with E-state index in [9.17, 15) is 4.79 Å². The number of tetrazole rings is 1. The molecule has 4 aromatic heterocycles. The lowest BCUT2D eigenvalue weighted by Gasteiger charge is -2.18. The Morgan fingerprint density at radius 3 is 2.82 bits per heavy atom. The van der Waals surface area contributed by atoms with Crippen LogP contribution in [0.4, 0.5) is 5.95 Å². The van der Waals surface area contributed by atoms with Gasteiger partial charge in [0.15, 0.2) is 0 Å². The number of rotatable bonds is 7. The van der Waals surface area contributed by atoms with Crippen molar-refractivity contribution in [3.8, 4) is 5.69 Å². The fourth-order valence-corrected chi connectivity index (χ4v) is 5.52. The van der Waals surface area contributed by atoms with Gasteiger partial charge >= 0.3 is 0 Å². The summed E-state index contributed by atoms with van der Waals surface area (Å²) in [4.78, 5) is 33.7. The van der Waals surface area contributed by atoms with E-state index in [0.717, 1.165) is 53.4 Å². The van der Waals surface area contributed by atoms with Gasteiger partial charge in [0.2, 0.25) is 5.95 Å². The first-order valence-corrected chi connectivity index (χ1v) is 13.1. The number of carbonyl (C=O) groups excluding carboxylic acids is 1. The topological polar surface area (TPSA) is 132 Å². The summed E-state index contributed by atoms with van der Waals surface area (Å²) in [6.45, 7) is 4.80. The number of amides is 1. The number of aryl methyl sites for hydroxylation is 1. The van der Waals surface area contributed by atoms with E-state index in [0.29, 0.717) is 28.2 Å². The van der Waals surface area contributed by atoms with E-state index in [2.05, 4.69) is 40.7 Å². The van der Waals surface area contributed by atoms with Crippen molar-refractivity contribution in [2.24, 2.45) is 11.8 Å². The minimum atomic E-state index is -0.257. The lowest BCUT2D eigenvalue weighted by Crippen LogP contribution is -2.24. The quantitative estimate of drug-likeness (QED) is 0.330. The maximum Gasteiger partial charge on any atom is 0.253 e. The van der Waals surface area contributed by atoms with Gasteiger partial charge in [-0.05, 0) is 59.4 Å². The molecule has 1 aliphatic carbocycles. The lowest BCUT2D eigenvalue weighted by molar-refractivity contribution is 0.0952. The van der Waals surface area contributed by atoms with Gasteiger partial charge in [-0.2, -0.15) is 0 Å². The van der Waals surface area contributed by atoms with E-state index in [1.807, 2.05) is 23.8 Å². The summed E-state index contributed by atoms with van der Waals surface area (Å²) >= 11 is 6.23. The molecular weight excluding hydrogens is 518 g/mol. The van der Waals surface area contributed by atoms with Crippen molar-refractivity contribution in [2.45, 2.75) is 26.4 Å². The minimum absolute atomic E-state index is 0.224. The summed E-state index contributed by atoms with van der Waals surface area (Å²) in [7, 11) is 0. The second kappa shape index (κ2) is 9.38. The third-order valence-corrected chi connectivity index (χ3v) is 7.77. The molecule has 7 rings (SSSR count). The fraction of sp³-hybridized carbons (Fsp3) is 0.308. The van der Waals surface area contributed by atoms with Gasteiger partial charge in [-0.1, -0.05) is 11.6 Å². The second-order valence-corrected chi connectivity index (χ2v) is 10.5. The highest BCUT2D eigenvalue weighted by Crippen LogP contribution is 2.45. The lowest BCUT2D eigenvalue weighted by atomic mass is 10.1. The Bertz CT molecular complexity index is 1690. The highest BCUT2D eigenvalue weighted by molar-refractivity contribution is 6.30. The molecule has 196 valence electrons.